The average Bonchev–Trinajstić information content (AvgIpc) is 3.30. The predicted molar refractivity (Wildman–Crippen MR) is 116 cm³/mol. The smallest absolute Gasteiger partial charge is 0.244 e. The Bertz CT molecular complexity index is 971. The minimum atomic E-state index is -3.86. The van der Waals surface area contributed by atoms with Crippen LogP contribution in [0.15, 0.2) is 53.4 Å². The lowest BCUT2D eigenvalue weighted by Gasteiger charge is -2.20. The zero-order valence-electron chi connectivity index (χ0n) is 17.6. The molecule has 0 aromatic heterocycles. The monoisotopic (exact) mass is 447 g/mol. The Kier molecular flexibility index (Phi) is 7.92. The zero-order valence-corrected chi connectivity index (χ0v) is 18.4. The van der Waals surface area contributed by atoms with Gasteiger partial charge in [0.05, 0.1) is 23.4 Å². The van der Waals surface area contributed by atoms with Crippen molar-refractivity contribution in [3.8, 4) is 11.5 Å². The van der Waals surface area contributed by atoms with Gasteiger partial charge in [0.25, 0.3) is 0 Å². The van der Waals surface area contributed by atoms with Crippen molar-refractivity contribution in [2.24, 2.45) is 0 Å². The molecule has 7 nitrogen and oxygen atoms in total. The molecule has 1 unspecified atom stereocenters. The number of hydrogen-bond donors (Lipinski definition) is 2. The van der Waals surface area contributed by atoms with Gasteiger partial charge in [-0.25, -0.2) is 13.9 Å². The molecule has 168 valence electrons. The standard InChI is InChI=1S/C23H29NO6S/c1-29-21-14-13-19(15-22(21)30-18-9-5-6-10-18)31(27,28)20(16-23(25)24-26)12-11-17-7-3-2-4-8-17/h2-4,7-8,13-15,18,20,26H,5-6,9-12,16H2,1H3,(H,24,25). The van der Waals surface area contributed by atoms with Gasteiger partial charge in [0.1, 0.15) is 0 Å². The first-order chi connectivity index (χ1) is 14.9. The summed E-state index contributed by atoms with van der Waals surface area (Å²) in [6.07, 6.45) is 4.46. The maximum atomic E-state index is 13.4. The molecule has 2 aromatic carbocycles. The van der Waals surface area contributed by atoms with Crippen molar-refractivity contribution in [2.45, 2.75) is 61.2 Å². The van der Waals surface area contributed by atoms with E-state index in [2.05, 4.69) is 0 Å². The van der Waals surface area contributed by atoms with E-state index < -0.39 is 21.0 Å². The van der Waals surface area contributed by atoms with Crippen LogP contribution in [0.2, 0.25) is 0 Å². The van der Waals surface area contributed by atoms with E-state index in [1.54, 1.807) is 11.5 Å². The molecule has 1 atom stereocenters. The molecule has 0 bridgehead atoms. The highest BCUT2D eigenvalue weighted by Crippen LogP contribution is 2.35. The number of aryl methyl sites for hydroxylation is 1. The molecule has 1 fully saturated rings. The third-order valence-electron chi connectivity index (χ3n) is 5.63. The van der Waals surface area contributed by atoms with Crippen LogP contribution in [0.1, 0.15) is 44.1 Å². The van der Waals surface area contributed by atoms with E-state index in [0.717, 1.165) is 31.2 Å². The molecule has 2 aromatic rings. The van der Waals surface area contributed by atoms with Gasteiger partial charge in [-0.15, -0.1) is 0 Å². The van der Waals surface area contributed by atoms with E-state index in [4.69, 9.17) is 14.7 Å². The number of hydroxylamine groups is 1. The fraction of sp³-hybridized carbons (Fsp3) is 0.435. The van der Waals surface area contributed by atoms with E-state index in [1.807, 2.05) is 30.3 Å². The molecule has 0 aliphatic heterocycles. The molecule has 8 heteroatoms. The molecule has 0 spiro atoms. The fourth-order valence-corrected chi connectivity index (χ4v) is 5.61. The number of hydrogen-bond acceptors (Lipinski definition) is 6. The van der Waals surface area contributed by atoms with Gasteiger partial charge >= 0.3 is 0 Å². The van der Waals surface area contributed by atoms with Gasteiger partial charge in [0.2, 0.25) is 5.91 Å². The molecule has 1 aliphatic carbocycles. The van der Waals surface area contributed by atoms with Crippen molar-refractivity contribution in [1.82, 2.24) is 5.48 Å². The van der Waals surface area contributed by atoms with Gasteiger partial charge in [-0.2, -0.15) is 0 Å². The number of benzene rings is 2. The molecule has 0 radical (unpaired) electrons. The molecule has 0 heterocycles. The average molecular weight is 448 g/mol. The van der Waals surface area contributed by atoms with Gasteiger partial charge in [0, 0.05) is 12.5 Å². The summed E-state index contributed by atoms with van der Waals surface area (Å²) in [4.78, 5) is 11.9. The highest BCUT2D eigenvalue weighted by molar-refractivity contribution is 7.92. The lowest BCUT2D eigenvalue weighted by atomic mass is 10.1. The number of methoxy groups -OCH3 is 1. The maximum absolute atomic E-state index is 13.4. The lowest BCUT2D eigenvalue weighted by Crippen LogP contribution is -2.30. The van der Waals surface area contributed by atoms with Crippen LogP contribution in [0.25, 0.3) is 0 Å². The summed E-state index contributed by atoms with van der Waals surface area (Å²) in [7, 11) is -2.35. The van der Waals surface area contributed by atoms with Gasteiger partial charge in [-0.1, -0.05) is 30.3 Å². The van der Waals surface area contributed by atoms with Gasteiger partial charge < -0.3 is 9.47 Å². The van der Waals surface area contributed by atoms with Crippen LogP contribution in [-0.4, -0.2) is 38.0 Å². The number of rotatable bonds is 10. The second-order valence-corrected chi connectivity index (χ2v) is 10.00. The van der Waals surface area contributed by atoms with E-state index in [9.17, 15) is 13.2 Å². The summed E-state index contributed by atoms with van der Waals surface area (Å²) in [5.74, 6) is 0.126. The third kappa shape index (κ3) is 5.98. The molecule has 2 N–H and O–H groups in total. The largest absolute Gasteiger partial charge is 0.493 e. The van der Waals surface area contributed by atoms with E-state index in [0.29, 0.717) is 17.9 Å². The van der Waals surface area contributed by atoms with Crippen molar-refractivity contribution < 1.29 is 27.9 Å². The van der Waals surface area contributed by atoms with Crippen LogP contribution in [0.4, 0.5) is 0 Å². The fourth-order valence-electron chi connectivity index (χ4n) is 3.90. The topological polar surface area (TPSA) is 102 Å². The van der Waals surface area contributed by atoms with Crippen LogP contribution in [-0.2, 0) is 21.1 Å². The maximum Gasteiger partial charge on any atom is 0.244 e. The normalized spacial score (nSPS) is 15.4. The van der Waals surface area contributed by atoms with E-state index in [-0.39, 0.29) is 23.8 Å². The first-order valence-electron chi connectivity index (χ1n) is 10.5. The SMILES string of the molecule is COc1ccc(S(=O)(=O)C(CCc2ccccc2)CC(=O)NO)cc1OC1CCCC1. The lowest BCUT2D eigenvalue weighted by molar-refractivity contribution is -0.129. The number of ether oxygens (including phenoxy) is 2. The molecule has 0 saturated heterocycles. The summed E-state index contributed by atoms with van der Waals surface area (Å²) in [5, 5.41) is 7.95. The van der Waals surface area contributed by atoms with Gasteiger partial charge in [0.15, 0.2) is 21.3 Å². The summed E-state index contributed by atoms with van der Waals surface area (Å²) in [6, 6.07) is 14.0. The third-order valence-corrected chi connectivity index (χ3v) is 7.82. The highest BCUT2D eigenvalue weighted by atomic mass is 32.2. The molecule has 31 heavy (non-hydrogen) atoms. The number of nitrogens with one attached hydrogen (secondary N) is 1. The number of carbonyl (C=O) groups is 1. The van der Waals surface area contributed by atoms with Crippen molar-refractivity contribution in [3.05, 3.63) is 54.1 Å². The zero-order chi connectivity index (χ0) is 22.3. The minimum absolute atomic E-state index is 0.0425. The molecular formula is C23H29NO6S. The quantitative estimate of drug-likeness (QED) is 0.425. The summed E-state index contributed by atoms with van der Waals surface area (Å²) in [6.45, 7) is 0. The number of carbonyl (C=O) groups excluding carboxylic acids is 1. The van der Waals surface area contributed by atoms with E-state index in [1.165, 1.54) is 19.2 Å². The van der Waals surface area contributed by atoms with E-state index >= 15 is 0 Å². The molecule has 1 saturated carbocycles. The Balaban J connectivity index is 1.87. The van der Waals surface area contributed by atoms with Crippen molar-refractivity contribution in [3.63, 3.8) is 0 Å². The minimum Gasteiger partial charge on any atom is -0.493 e. The predicted octanol–water partition coefficient (Wildman–Crippen LogP) is 3.69. The summed E-state index contributed by atoms with van der Waals surface area (Å²) < 4.78 is 38.3. The Morgan fingerprint density at radius 3 is 2.48 bits per heavy atom. The Labute approximate surface area is 183 Å². The van der Waals surface area contributed by atoms with Crippen LogP contribution < -0.4 is 15.0 Å². The number of amides is 1. The van der Waals surface area contributed by atoms with Crippen LogP contribution in [0.3, 0.4) is 0 Å². The van der Waals surface area contributed by atoms with Gasteiger partial charge in [-0.05, 0) is 56.2 Å². The Hall–Kier alpha value is -2.58. The van der Waals surface area contributed by atoms with Crippen molar-refractivity contribution in [1.29, 1.82) is 0 Å². The Morgan fingerprint density at radius 2 is 1.84 bits per heavy atom. The Morgan fingerprint density at radius 1 is 1.13 bits per heavy atom. The van der Waals surface area contributed by atoms with Crippen LogP contribution >= 0.6 is 0 Å². The molecule has 3 rings (SSSR count). The summed E-state index contributed by atoms with van der Waals surface area (Å²) in [5.41, 5.74) is 2.53. The molecule has 1 aliphatic rings. The second kappa shape index (κ2) is 10.6. The molecule has 1 amide bonds. The van der Waals surface area contributed by atoms with Gasteiger partial charge in [-0.3, -0.25) is 10.0 Å². The van der Waals surface area contributed by atoms with Crippen LogP contribution in [0.5, 0.6) is 11.5 Å². The highest BCUT2D eigenvalue weighted by Gasteiger charge is 2.31. The summed E-state index contributed by atoms with van der Waals surface area (Å²) >= 11 is 0. The van der Waals surface area contributed by atoms with Crippen molar-refractivity contribution >= 4 is 15.7 Å². The number of sulfone groups is 1. The first-order valence-corrected chi connectivity index (χ1v) is 12.0. The van der Waals surface area contributed by atoms with Crippen molar-refractivity contribution in [2.75, 3.05) is 7.11 Å². The van der Waals surface area contributed by atoms with Crippen LogP contribution in [0, 0.1) is 0 Å². The second-order valence-electron chi connectivity index (χ2n) is 7.77. The first kappa shape index (κ1) is 23.1. The molecular weight excluding hydrogens is 418 g/mol.